The molecule has 58 heavy (non-hydrogen) atoms. The molecule has 0 bridgehead atoms. The summed E-state index contributed by atoms with van der Waals surface area (Å²) in [5, 5.41) is 7.25. The number of fused-ring (bicyclic) bond motifs is 5. The average Bonchev–Trinajstić information content (AvgIpc) is 3.69. The zero-order valence-corrected chi connectivity index (χ0v) is 31.7. The maximum Gasteiger partial charge on any atom is 0.136 e. The molecule has 0 amide bonds. The third kappa shape index (κ3) is 5.82. The van der Waals surface area contributed by atoms with Crippen LogP contribution >= 0.6 is 0 Å². The van der Waals surface area contributed by atoms with Gasteiger partial charge in [0.05, 0.1) is 5.69 Å². The smallest absolute Gasteiger partial charge is 0.136 e. The van der Waals surface area contributed by atoms with E-state index < -0.39 is 0 Å². The molecule has 0 radical (unpaired) electrons. The van der Waals surface area contributed by atoms with Crippen molar-refractivity contribution in [3.8, 4) is 44.5 Å². The van der Waals surface area contributed by atoms with Gasteiger partial charge in [0.15, 0.2) is 0 Å². The Hall–Kier alpha value is -7.68. The van der Waals surface area contributed by atoms with Crippen molar-refractivity contribution < 1.29 is 4.42 Å². The normalized spacial score (nSPS) is 11.4. The van der Waals surface area contributed by atoms with Crippen molar-refractivity contribution >= 4 is 60.5 Å². The third-order valence-electron chi connectivity index (χ3n) is 11.5. The monoisotopic (exact) mass is 739 g/mol. The minimum atomic E-state index is 0.885. The lowest BCUT2D eigenvalue weighted by atomic mass is 9.95. The molecule has 0 N–H and O–H groups in total. The number of anilines is 3. The van der Waals surface area contributed by atoms with Gasteiger partial charge in [0, 0.05) is 27.7 Å². The molecule has 0 atom stereocenters. The Morgan fingerprint density at radius 3 is 1.33 bits per heavy atom. The molecule has 10 aromatic carbocycles. The Morgan fingerprint density at radius 2 is 0.690 bits per heavy atom. The number of rotatable bonds is 7. The Labute approximate surface area is 337 Å². The molecule has 0 saturated heterocycles. The van der Waals surface area contributed by atoms with Gasteiger partial charge in [-0.05, 0) is 103 Å². The second-order valence-electron chi connectivity index (χ2n) is 14.9. The van der Waals surface area contributed by atoms with Crippen LogP contribution < -0.4 is 4.90 Å². The summed E-state index contributed by atoms with van der Waals surface area (Å²) >= 11 is 0. The van der Waals surface area contributed by atoms with Crippen LogP contribution in [-0.4, -0.2) is 0 Å². The minimum absolute atomic E-state index is 0.885. The van der Waals surface area contributed by atoms with E-state index in [1.807, 2.05) is 12.1 Å². The molecule has 0 aliphatic heterocycles. The molecule has 1 aromatic heterocycles. The van der Waals surface area contributed by atoms with Crippen LogP contribution in [0.3, 0.4) is 0 Å². The third-order valence-corrected chi connectivity index (χ3v) is 11.5. The highest BCUT2D eigenvalue weighted by molar-refractivity contribution is 6.14. The van der Waals surface area contributed by atoms with Gasteiger partial charge in [0.1, 0.15) is 11.2 Å². The van der Waals surface area contributed by atoms with Gasteiger partial charge in [0.25, 0.3) is 0 Å². The van der Waals surface area contributed by atoms with Gasteiger partial charge in [-0.3, -0.25) is 0 Å². The molecular weight excluding hydrogens is 703 g/mol. The maximum atomic E-state index is 6.36. The van der Waals surface area contributed by atoms with Crippen LogP contribution in [0, 0.1) is 0 Å². The van der Waals surface area contributed by atoms with Crippen molar-refractivity contribution in [1.82, 2.24) is 0 Å². The minimum Gasteiger partial charge on any atom is -0.456 e. The van der Waals surface area contributed by atoms with Gasteiger partial charge in [-0.25, -0.2) is 0 Å². The molecule has 11 rings (SSSR count). The first-order valence-corrected chi connectivity index (χ1v) is 19.8. The lowest BCUT2D eigenvalue weighted by Crippen LogP contribution is -2.11. The fourth-order valence-corrected chi connectivity index (χ4v) is 8.71. The van der Waals surface area contributed by atoms with Crippen molar-refractivity contribution in [3.63, 3.8) is 0 Å². The zero-order chi connectivity index (χ0) is 38.4. The highest BCUT2D eigenvalue weighted by Crippen LogP contribution is 2.45. The van der Waals surface area contributed by atoms with E-state index in [1.165, 1.54) is 54.9 Å². The van der Waals surface area contributed by atoms with Crippen LogP contribution in [-0.2, 0) is 0 Å². The molecular formula is C56H37NO. The Kier molecular flexibility index (Phi) is 8.19. The van der Waals surface area contributed by atoms with Gasteiger partial charge in [-0.1, -0.05) is 182 Å². The summed E-state index contributed by atoms with van der Waals surface area (Å²) < 4.78 is 6.36. The van der Waals surface area contributed by atoms with E-state index in [0.717, 1.165) is 50.1 Å². The SMILES string of the molecule is c1ccc(N(c2ccc(-c3ccc(-c4cccc5ccccc45)cc3)cc2)c2ccc(-c3cccc4ccccc34)cc2)c(-c2cccc3oc4ccccc4c23)c1. The topological polar surface area (TPSA) is 16.4 Å². The molecule has 0 unspecified atom stereocenters. The highest BCUT2D eigenvalue weighted by Gasteiger charge is 2.20. The van der Waals surface area contributed by atoms with Crippen molar-refractivity contribution in [2.45, 2.75) is 0 Å². The molecule has 0 aliphatic rings. The van der Waals surface area contributed by atoms with Gasteiger partial charge in [0.2, 0.25) is 0 Å². The van der Waals surface area contributed by atoms with Gasteiger partial charge in [-0.2, -0.15) is 0 Å². The summed E-state index contributed by atoms with van der Waals surface area (Å²) in [5.41, 5.74) is 14.5. The molecule has 0 spiro atoms. The summed E-state index contributed by atoms with van der Waals surface area (Å²) in [7, 11) is 0. The van der Waals surface area contributed by atoms with Crippen LogP contribution in [0.2, 0.25) is 0 Å². The fraction of sp³-hybridized carbons (Fsp3) is 0. The standard InChI is InChI=1S/C56H37NO/c1-3-16-46-40(12-1)14-9-20-48(46)42-28-26-38(27-29-42)39-30-34-44(35-31-39)57(45-36-32-43(33-37-45)49-21-10-15-41-13-2-4-17-47(41)49)53-23-7-5-18-50(53)51-22-11-25-55-56(51)52-19-6-8-24-54(52)58-55/h1-37H. The number of hydrogen-bond donors (Lipinski definition) is 0. The van der Waals surface area contributed by atoms with Crippen molar-refractivity contribution in [3.05, 3.63) is 224 Å². The largest absolute Gasteiger partial charge is 0.456 e. The highest BCUT2D eigenvalue weighted by atomic mass is 16.3. The summed E-state index contributed by atoms with van der Waals surface area (Å²) in [6, 6.07) is 80.7. The Balaban J connectivity index is 1.02. The maximum absolute atomic E-state index is 6.36. The molecule has 2 nitrogen and oxygen atoms in total. The number of hydrogen-bond acceptors (Lipinski definition) is 2. The Bertz CT molecular complexity index is 3250. The van der Waals surface area contributed by atoms with Crippen molar-refractivity contribution in [2.24, 2.45) is 0 Å². The van der Waals surface area contributed by atoms with Crippen molar-refractivity contribution in [2.75, 3.05) is 4.90 Å². The van der Waals surface area contributed by atoms with E-state index in [4.69, 9.17) is 4.42 Å². The molecule has 0 aliphatic carbocycles. The van der Waals surface area contributed by atoms with E-state index >= 15 is 0 Å². The second kappa shape index (κ2) is 14.1. The van der Waals surface area contributed by atoms with Gasteiger partial charge < -0.3 is 9.32 Å². The van der Waals surface area contributed by atoms with Crippen LogP contribution in [0.4, 0.5) is 17.1 Å². The molecule has 272 valence electrons. The van der Waals surface area contributed by atoms with Crippen LogP contribution in [0.1, 0.15) is 0 Å². The first kappa shape index (κ1) is 33.6. The molecule has 11 aromatic rings. The molecule has 0 saturated carbocycles. The summed E-state index contributed by atoms with van der Waals surface area (Å²) in [6.07, 6.45) is 0. The first-order chi connectivity index (χ1) is 28.8. The molecule has 2 heteroatoms. The predicted molar refractivity (Wildman–Crippen MR) is 245 cm³/mol. The first-order valence-electron chi connectivity index (χ1n) is 19.8. The quantitative estimate of drug-likeness (QED) is 0.162. The van der Waals surface area contributed by atoms with E-state index in [2.05, 4.69) is 217 Å². The average molecular weight is 740 g/mol. The molecule has 1 heterocycles. The Morgan fingerprint density at radius 1 is 0.276 bits per heavy atom. The van der Waals surface area contributed by atoms with E-state index in [1.54, 1.807) is 0 Å². The summed E-state index contributed by atoms with van der Waals surface area (Å²) in [4.78, 5) is 2.39. The van der Waals surface area contributed by atoms with Crippen molar-refractivity contribution in [1.29, 1.82) is 0 Å². The number of benzene rings is 10. The predicted octanol–water partition coefficient (Wildman–Crippen LogP) is 16.0. The number of furan rings is 1. The zero-order valence-electron chi connectivity index (χ0n) is 31.7. The lowest BCUT2D eigenvalue weighted by Gasteiger charge is -2.28. The second-order valence-corrected chi connectivity index (χ2v) is 14.9. The number of para-hydroxylation sites is 2. The number of nitrogens with zero attached hydrogens (tertiary/aromatic N) is 1. The van der Waals surface area contributed by atoms with Crippen LogP contribution in [0.25, 0.3) is 88.0 Å². The van der Waals surface area contributed by atoms with Crippen LogP contribution in [0.15, 0.2) is 229 Å². The van der Waals surface area contributed by atoms with E-state index in [0.29, 0.717) is 0 Å². The van der Waals surface area contributed by atoms with Gasteiger partial charge >= 0.3 is 0 Å². The summed E-state index contributed by atoms with van der Waals surface area (Å²) in [6.45, 7) is 0. The van der Waals surface area contributed by atoms with E-state index in [-0.39, 0.29) is 0 Å². The lowest BCUT2D eigenvalue weighted by molar-refractivity contribution is 0.669. The summed E-state index contributed by atoms with van der Waals surface area (Å²) in [5.74, 6) is 0. The van der Waals surface area contributed by atoms with Crippen LogP contribution in [0.5, 0.6) is 0 Å². The van der Waals surface area contributed by atoms with Gasteiger partial charge in [-0.15, -0.1) is 0 Å². The van der Waals surface area contributed by atoms with E-state index in [9.17, 15) is 0 Å². The fourth-order valence-electron chi connectivity index (χ4n) is 8.71. The molecule has 0 fully saturated rings.